The fourth-order valence-electron chi connectivity index (χ4n) is 13.0. The van der Waals surface area contributed by atoms with Crippen LogP contribution in [0.5, 0.6) is 0 Å². The zero-order chi connectivity index (χ0) is 66.3. The minimum atomic E-state index is -4.96. The Morgan fingerprint density at radius 3 is 1.27 bits per heavy atom. The second-order valence-electron chi connectivity index (χ2n) is 26.8. The van der Waals surface area contributed by atoms with Crippen molar-refractivity contribution in [2.24, 2.45) is 29.6 Å². The smallest absolute Gasteiger partial charge is 0.327 e. The summed E-state index contributed by atoms with van der Waals surface area (Å²) in [6.07, 6.45) is 30.9. The predicted octanol–water partition coefficient (Wildman–Crippen LogP) is 16.4. The van der Waals surface area contributed by atoms with Gasteiger partial charge in [0.05, 0.1) is 91.1 Å². The van der Waals surface area contributed by atoms with Crippen LogP contribution in [0.3, 0.4) is 0 Å². The van der Waals surface area contributed by atoms with Crippen LogP contribution in [0.15, 0.2) is 0 Å². The number of ether oxygens (including phenoxy) is 4. The van der Waals surface area contributed by atoms with Gasteiger partial charge in [0.1, 0.15) is 5.25 Å². The Morgan fingerprint density at radius 2 is 0.807 bits per heavy atom. The minimum absolute atomic E-state index is 0.0107. The lowest BCUT2D eigenvalue weighted by Gasteiger charge is -2.46. The first-order chi connectivity index (χ1) is 42.0. The van der Waals surface area contributed by atoms with Crippen LogP contribution in [0, 0.1) is 29.6 Å². The maximum atomic E-state index is 13.5. The first-order valence-electron chi connectivity index (χ1n) is 36.4. The molecule has 0 saturated heterocycles. The van der Waals surface area contributed by atoms with Gasteiger partial charge in [0.15, 0.2) is 11.5 Å². The Kier molecular flexibility index (Phi) is 50.4. The molecule has 9 atom stereocenters. The van der Waals surface area contributed by atoms with E-state index in [1.807, 2.05) is 13.8 Å². The SMILES string of the molecule is CCCCC(CC)COC(=O)CC(C(=O)OCC(CCCC)C(C)CCCC(CCCCC(CC)COC(O)C(CC(=O)OCC(CC)CCCC)S(=O)(=O)O)[N+](CCCC)(CCCC)CCCCCC[N+](CCCC)(CCCC)CCCC)S(=O)(=O)O. The minimum Gasteiger partial charge on any atom is -0.465 e. The number of carbonyl (C=O) groups excluding carboxylic acids is 3. The molecule has 0 heterocycles. The number of carbonyl (C=O) groups is 3. The lowest BCUT2D eigenvalue weighted by molar-refractivity contribution is -0.952. The van der Waals surface area contributed by atoms with Crippen LogP contribution in [-0.4, -0.2) is 153 Å². The molecule has 18 heteroatoms. The fourth-order valence-corrected chi connectivity index (χ4v) is 14.3. The summed E-state index contributed by atoms with van der Waals surface area (Å²) >= 11 is 0. The standard InChI is InChI=1S/C70H138N2O14S2/c1-13-24-40-60(21-9)55-83-67(73)53-65(87(77,78)79)69(75)85-57-62(23-11)42-34-35-44-64(72(50-30-19-7,51-31-20-8)52-37-33-32-36-49-71(46-27-16-4,47-28-17-5)48-29-18-6)45-38-39-59(12)63(43-26-15-3)58-86-70(76)66(88(80,81)82)54-68(74)84-56-61(22-10)41-25-14-2/h59-66,69,75H,13-58H2,1-12H3/p+2. The van der Waals surface area contributed by atoms with Gasteiger partial charge in [0.25, 0.3) is 20.2 Å². The van der Waals surface area contributed by atoms with Gasteiger partial charge in [-0.15, -0.1) is 0 Å². The summed E-state index contributed by atoms with van der Waals surface area (Å²) in [5, 5.41) is 7.13. The fraction of sp³-hybridized carbons (Fsp3) is 0.957. The van der Waals surface area contributed by atoms with Gasteiger partial charge in [-0.05, 0) is 139 Å². The summed E-state index contributed by atoms with van der Waals surface area (Å²) in [5.41, 5.74) is 0. The number of hydrogen-bond donors (Lipinski definition) is 3. The van der Waals surface area contributed by atoms with E-state index in [2.05, 4.69) is 69.2 Å². The molecule has 0 aliphatic carbocycles. The van der Waals surface area contributed by atoms with E-state index in [0.717, 1.165) is 172 Å². The maximum absolute atomic E-state index is 13.5. The van der Waals surface area contributed by atoms with Crippen molar-refractivity contribution in [3.05, 3.63) is 0 Å². The van der Waals surface area contributed by atoms with Crippen LogP contribution in [0.4, 0.5) is 0 Å². The molecule has 3 N–H and O–H groups in total. The van der Waals surface area contributed by atoms with Gasteiger partial charge in [-0.3, -0.25) is 23.5 Å². The Hall–Kier alpha value is -1.93. The second kappa shape index (κ2) is 51.5. The van der Waals surface area contributed by atoms with Gasteiger partial charge in [-0.1, -0.05) is 186 Å². The van der Waals surface area contributed by atoms with E-state index in [-0.39, 0.29) is 56.0 Å². The second-order valence-corrected chi connectivity index (χ2v) is 30.1. The molecule has 0 spiro atoms. The largest absolute Gasteiger partial charge is 0.465 e. The number of aliphatic hydroxyl groups is 1. The average molecular weight is 1300 g/mol. The third-order valence-electron chi connectivity index (χ3n) is 19.6. The quantitative estimate of drug-likeness (QED) is 0.0129. The molecule has 0 saturated carbocycles. The van der Waals surface area contributed by atoms with Crippen molar-refractivity contribution in [1.29, 1.82) is 0 Å². The van der Waals surface area contributed by atoms with Crippen molar-refractivity contribution >= 4 is 38.1 Å². The van der Waals surface area contributed by atoms with Gasteiger partial charge >= 0.3 is 17.9 Å². The molecule has 0 fully saturated rings. The van der Waals surface area contributed by atoms with Crippen LogP contribution < -0.4 is 0 Å². The molecular formula is C70H140N2O14S2+2. The maximum Gasteiger partial charge on any atom is 0.327 e. The molecule has 16 nitrogen and oxygen atoms in total. The van der Waals surface area contributed by atoms with E-state index in [1.54, 1.807) is 0 Å². The van der Waals surface area contributed by atoms with Gasteiger partial charge < -0.3 is 33.0 Å². The molecule has 0 aliphatic rings. The zero-order valence-corrected chi connectivity index (χ0v) is 60.4. The van der Waals surface area contributed by atoms with E-state index in [0.29, 0.717) is 6.04 Å². The molecule has 0 aromatic heterocycles. The summed E-state index contributed by atoms with van der Waals surface area (Å²) < 4.78 is 95.3. The van der Waals surface area contributed by atoms with Crippen molar-refractivity contribution < 1.29 is 73.3 Å². The van der Waals surface area contributed by atoms with Crippen molar-refractivity contribution in [1.82, 2.24) is 0 Å². The van der Waals surface area contributed by atoms with Gasteiger partial charge in [0.2, 0.25) is 0 Å². The molecule has 0 aromatic carbocycles. The van der Waals surface area contributed by atoms with Crippen LogP contribution in [-0.2, 0) is 53.6 Å². The number of aliphatic hydroxyl groups excluding tert-OH is 1. The summed E-state index contributed by atoms with van der Waals surface area (Å²) in [5.74, 6) is -2.40. The Bertz CT molecular complexity index is 1930. The molecule has 0 bridgehead atoms. The molecule has 524 valence electrons. The van der Waals surface area contributed by atoms with E-state index < -0.39 is 67.8 Å². The number of quaternary nitrogens is 2. The van der Waals surface area contributed by atoms with Crippen LogP contribution in [0.2, 0.25) is 0 Å². The summed E-state index contributed by atoms with van der Waals surface area (Å²) in [6.45, 7) is 35.0. The molecule has 0 aliphatic heterocycles. The van der Waals surface area contributed by atoms with E-state index >= 15 is 0 Å². The third kappa shape index (κ3) is 38.3. The lowest BCUT2D eigenvalue weighted by Crippen LogP contribution is -2.57. The van der Waals surface area contributed by atoms with Gasteiger partial charge in [-0.2, -0.15) is 16.8 Å². The zero-order valence-electron chi connectivity index (χ0n) is 58.8. The number of hydrogen-bond acceptors (Lipinski definition) is 12. The molecule has 0 rings (SSSR count). The van der Waals surface area contributed by atoms with Crippen LogP contribution in [0.25, 0.3) is 0 Å². The highest BCUT2D eigenvalue weighted by molar-refractivity contribution is 7.87. The molecule has 0 radical (unpaired) electrons. The van der Waals surface area contributed by atoms with E-state index in [1.165, 1.54) is 94.9 Å². The molecular weight excluding hydrogens is 1160 g/mol. The van der Waals surface area contributed by atoms with Crippen molar-refractivity contribution in [2.75, 3.05) is 72.2 Å². The van der Waals surface area contributed by atoms with Gasteiger partial charge in [0, 0.05) is 0 Å². The van der Waals surface area contributed by atoms with Crippen molar-refractivity contribution in [3.63, 3.8) is 0 Å². The number of rotatable bonds is 62. The first-order valence-corrected chi connectivity index (χ1v) is 39.4. The average Bonchev–Trinajstić information content (AvgIpc) is 2.62. The molecule has 88 heavy (non-hydrogen) atoms. The van der Waals surface area contributed by atoms with Crippen molar-refractivity contribution in [3.8, 4) is 0 Å². The highest BCUT2D eigenvalue weighted by atomic mass is 32.2. The summed E-state index contributed by atoms with van der Waals surface area (Å²) in [4.78, 5) is 39.3. The first kappa shape index (κ1) is 86.1. The monoisotopic (exact) mass is 1300 g/mol. The number of nitrogens with zero attached hydrogens (tertiary/aromatic N) is 2. The van der Waals surface area contributed by atoms with E-state index in [4.69, 9.17) is 18.9 Å². The van der Waals surface area contributed by atoms with Gasteiger partial charge in [-0.25, -0.2) is 0 Å². The highest BCUT2D eigenvalue weighted by Crippen LogP contribution is 2.32. The summed E-state index contributed by atoms with van der Waals surface area (Å²) in [7, 11) is -9.81. The number of esters is 3. The third-order valence-corrected chi connectivity index (χ3v) is 21.8. The van der Waals surface area contributed by atoms with Crippen molar-refractivity contribution in [2.45, 2.75) is 331 Å². The molecule has 9 unspecified atom stereocenters. The topological polar surface area (TPSA) is 217 Å². The summed E-state index contributed by atoms with van der Waals surface area (Å²) in [6, 6.07) is 0.404. The van der Waals surface area contributed by atoms with E-state index in [9.17, 15) is 45.4 Å². The highest BCUT2D eigenvalue weighted by Gasteiger charge is 2.39. The lowest BCUT2D eigenvalue weighted by atomic mass is 9.85. The molecule has 0 amide bonds. The van der Waals surface area contributed by atoms with Crippen LogP contribution >= 0.6 is 0 Å². The number of unbranched alkanes of at least 4 members (excludes halogenated alkanes) is 12. The van der Waals surface area contributed by atoms with Crippen LogP contribution in [0.1, 0.15) is 308 Å². The Morgan fingerprint density at radius 1 is 0.409 bits per heavy atom. The predicted molar refractivity (Wildman–Crippen MR) is 361 cm³/mol. The molecule has 0 aromatic rings. The normalized spacial score (nSPS) is 15.7. The Balaban J connectivity index is 6.73. The Labute approximate surface area is 541 Å².